The van der Waals surface area contributed by atoms with Crippen molar-refractivity contribution in [3.63, 3.8) is 0 Å². The van der Waals surface area contributed by atoms with Crippen LogP contribution in [0.3, 0.4) is 0 Å². The molecule has 0 fully saturated rings. The monoisotopic (exact) mass is 365 g/mol. The molecule has 0 saturated heterocycles. The molecule has 2 rings (SSSR count). The van der Waals surface area contributed by atoms with Crippen molar-refractivity contribution in [1.29, 1.82) is 0 Å². The van der Waals surface area contributed by atoms with Crippen LogP contribution in [0.2, 0.25) is 5.02 Å². The van der Waals surface area contributed by atoms with Gasteiger partial charge in [-0.05, 0) is 36.6 Å². The Bertz CT molecular complexity index is 715. The van der Waals surface area contributed by atoms with Gasteiger partial charge in [-0.3, -0.25) is 9.59 Å². The zero-order valence-electron chi connectivity index (χ0n) is 13.9. The number of hydrogen-bond acceptors (Lipinski definition) is 5. The van der Waals surface area contributed by atoms with Crippen molar-refractivity contribution in [1.82, 2.24) is 15.5 Å². The molecule has 0 radical (unpaired) electrons. The molecule has 0 saturated carbocycles. The molecular formula is C17H20ClN3O4. The molecular weight excluding hydrogens is 346 g/mol. The minimum atomic E-state index is -0.866. The number of nitrogens with one attached hydrogen (secondary N) is 1. The van der Waals surface area contributed by atoms with Crippen LogP contribution in [-0.4, -0.2) is 33.7 Å². The first-order chi connectivity index (χ1) is 11.9. The van der Waals surface area contributed by atoms with Crippen LogP contribution in [0.5, 0.6) is 0 Å². The van der Waals surface area contributed by atoms with Crippen molar-refractivity contribution >= 4 is 23.5 Å². The quantitative estimate of drug-likeness (QED) is 0.707. The summed E-state index contributed by atoms with van der Waals surface area (Å²) in [5.41, 5.74) is 0.810. The predicted octanol–water partition coefficient (Wildman–Crippen LogP) is 2.94. The third-order valence-electron chi connectivity index (χ3n) is 3.54. The molecule has 1 aromatic heterocycles. The van der Waals surface area contributed by atoms with E-state index < -0.39 is 5.97 Å². The van der Waals surface area contributed by atoms with Gasteiger partial charge in [0.15, 0.2) is 0 Å². The van der Waals surface area contributed by atoms with Crippen LogP contribution in [-0.2, 0) is 16.0 Å². The van der Waals surface area contributed by atoms with Gasteiger partial charge in [0.2, 0.25) is 17.6 Å². The van der Waals surface area contributed by atoms with E-state index >= 15 is 0 Å². The lowest BCUT2D eigenvalue weighted by atomic mass is 10.1. The fraction of sp³-hybridized carbons (Fsp3) is 0.412. The number of carboxylic acid groups (broad SMARTS) is 1. The second kappa shape index (κ2) is 9.17. The molecule has 2 aromatic rings. The first-order valence-corrected chi connectivity index (χ1v) is 8.39. The summed E-state index contributed by atoms with van der Waals surface area (Å²) in [6.07, 6.45) is 1.42. The lowest BCUT2D eigenvalue weighted by molar-refractivity contribution is -0.138. The van der Waals surface area contributed by atoms with E-state index in [-0.39, 0.29) is 18.2 Å². The number of aromatic nitrogens is 2. The van der Waals surface area contributed by atoms with Gasteiger partial charge in [0.05, 0.1) is 0 Å². The van der Waals surface area contributed by atoms with E-state index in [0.717, 1.165) is 5.56 Å². The Morgan fingerprint density at radius 1 is 1.32 bits per heavy atom. The third-order valence-corrected chi connectivity index (χ3v) is 3.79. The molecule has 1 aromatic carbocycles. The van der Waals surface area contributed by atoms with Gasteiger partial charge in [0.25, 0.3) is 0 Å². The van der Waals surface area contributed by atoms with Crippen LogP contribution in [0.25, 0.3) is 11.4 Å². The summed E-state index contributed by atoms with van der Waals surface area (Å²) in [6.45, 7) is 2.14. The molecule has 8 heteroatoms. The Kier molecular flexibility index (Phi) is 6.94. The van der Waals surface area contributed by atoms with Crippen molar-refractivity contribution in [2.45, 2.75) is 32.6 Å². The smallest absolute Gasteiger partial charge is 0.303 e. The van der Waals surface area contributed by atoms with Crippen molar-refractivity contribution in [3.05, 3.63) is 35.2 Å². The molecule has 7 nitrogen and oxygen atoms in total. The number of aliphatic carboxylic acids is 1. The number of nitrogens with zero attached hydrogens (tertiary/aromatic N) is 2. The Morgan fingerprint density at radius 2 is 2.04 bits per heavy atom. The first kappa shape index (κ1) is 18.9. The maximum Gasteiger partial charge on any atom is 0.303 e. The van der Waals surface area contributed by atoms with Gasteiger partial charge in [0, 0.05) is 36.4 Å². The number of carbonyl (C=O) groups excluding carboxylic acids is 1. The average molecular weight is 366 g/mol. The van der Waals surface area contributed by atoms with Crippen molar-refractivity contribution in [3.8, 4) is 11.4 Å². The molecule has 134 valence electrons. The molecule has 1 atom stereocenters. The summed E-state index contributed by atoms with van der Waals surface area (Å²) in [6, 6.07) is 7.12. The topological polar surface area (TPSA) is 105 Å². The number of carboxylic acids is 1. The number of carbonyl (C=O) groups is 2. The summed E-state index contributed by atoms with van der Waals surface area (Å²) in [5.74, 6) is -0.126. The third kappa shape index (κ3) is 6.54. The van der Waals surface area contributed by atoms with E-state index in [1.54, 1.807) is 19.1 Å². The van der Waals surface area contributed by atoms with E-state index in [9.17, 15) is 9.59 Å². The van der Waals surface area contributed by atoms with Gasteiger partial charge in [-0.2, -0.15) is 4.98 Å². The Labute approximate surface area is 150 Å². The zero-order valence-corrected chi connectivity index (χ0v) is 14.6. The number of halogens is 1. The molecule has 0 spiro atoms. The van der Waals surface area contributed by atoms with Gasteiger partial charge in [0.1, 0.15) is 0 Å². The highest BCUT2D eigenvalue weighted by Crippen LogP contribution is 2.19. The number of benzene rings is 1. The van der Waals surface area contributed by atoms with Gasteiger partial charge in [-0.1, -0.05) is 23.7 Å². The lowest BCUT2D eigenvalue weighted by Gasteiger charge is -2.09. The summed E-state index contributed by atoms with van der Waals surface area (Å²) >= 11 is 5.84. The number of hydrogen-bond donors (Lipinski definition) is 2. The molecule has 1 amide bonds. The summed E-state index contributed by atoms with van der Waals surface area (Å²) in [4.78, 5) is 26.6. The van der Waals surface area contributed by atoms with Crippen LogP contribution >= 0.6 is 11.6 Å². The van der Waals surface area contributed by atoms with Crippen molar-refractivity contribution in [2.75, 3.05) is 6.54 Å². The molecule has 1 heterocycles. The van der Waals surface area contributed by atoms with Gasteiger partial charge in [-0.25, -0.2) is 0 Å². The van der Waals surface area contributed by atoms with E-state index in [1.807, 2.05) is 12.1 Å². The molecule has 1 unspecified atom stereocenters. The fourth-order valence-corrected chi connectivity index (χ4v) is 2.35. The molecule has 0 aliphatic carbocycles. The van der Waals surface area contributed by atoms with Crippen LogP contribution in [0.15, 0.2) is 28.8 Å². The lowest BCUT2D eigenvalue weighted by Crippen LogP contribution is -2.29. The minimum Gasteiger partial charge on any atom is -0.481 e. The van der Waals surface area contributed by atoms with E-state index in [2.05, 4.69) is 15.5 Å². The van der Waals surface area contributed by atoms with Crippen LogP contribution in [0, 0.1) is 5.92 Å². The van der Waals surface area contributed by atoms with Gasteiger partial charge in [-0.15, -0.1) is 0 Å². The predicted molar refractivity (Wildman–Crippen MR) is 92.1 cm³/mol. The largest absolute Gasteiger partial charge is 0.481 e. The highest BCUT2D eigenvalue weighted by molar-refractivity contribution is 6.30. The fourth-order valence-electron chi connectivity index (χ4n) is 2.22. The maximum absolute atomic E-state index is 11.7. The molecule has 0 bridgehead atoms. The van der Waals surface area contributed by atoms with Crippen LogP contribution in [0.4, 0.5) is 0 Å². The van der Waals surface area contributed by atoms with E-state index in [1.165, 1.54) is 0 Å². The van der Waals surface area contributed by atoms with Crippen LogP contribution in [0.1, 0.15) is 32.1 Å². The second-order valence-electron chi connectivity index (χ2n) is 5.88. The van der Waals surface area contributed by atoms with Gasteiger partial charge < -0.3 is 14.9 Å². The highest BCUT2D eigenvalue weighted by Gasteiger charge is 2.11. The maximum atomic E-state index is 11.7. The second-order valence-corrected chi connectivity index (χ2v) is 6.32. The summed E-state index contributed by atoms with van der Waals surface area (Å²) in [7, 11) is 0. The molecule has 0 aliphatic rings. The number of amides is 1. The molecule has 2 N–H and O–H groups in total. The summed E-state index contributed by atoms with van der Waals surface area (Å²) in [5, 5.41) is 16.0. The SMILES string of the molecule is CC(CNC(=O)CCCc1nc(-c2ccc(Cl)cc2)no1)CC(=O)O. The number of aryl methyl sites for hydroxylation is 1. The minimum absolute atomic E-state index is 0.0374. The van der Waals surface area contributed by atoms with Crippen LogP contribution < -0.4 is 5.32 Å². The Balaban J connectivity index is 1.72. The number of rotatable bonds is 9. The van der Waals surface area contributed by atoms with Gasteiger partial charge >= 0.3 is 5.97 Å². The Hall–Kier alpha value is -2.41. The summed E-state index contributed by atoms with van der Waals surface area (Å²) < 4.78 is 5.18. The van der Waals surface area contributed by atoms with E-state index in [0.29, 0.717) is 42.5 Å². The first-order valence-electron chi connectivity index (χ1n) is 8.01. The Morgan fingerprint density at radius 3 is 2.72 bits per heavy atom. The van der Waals surface area contributed by atoms with Crippen molar-refractivity contribution in [2.24, 2.45) is 5.92 Å². The normalized spacial score (nSPS) is 11.9. The molecule has 0 aliphatic heterocycles. The molecule has 25 heavy (non-hydrogen) atoms. The highest BCUT2D eigenvalue weighted by atomic mass is 35.5. The van der Waals surface area contributed by atoms with Crippen molar-refractivity contribution < 1.29 is 19.2 Å². The average Bonchev–Trinajstić information content (AvgIpc) is 3.02. The zero-order chi connectivity index (χ0) is 18.2. The van der Waals surface area contributed by atoms with E-state index in [4.69, 9.17) is 21.2 Å². The standard InChI is InChI=1S/C17H20ClN3O4/c1-11(9-16(23)24)10-19-14(22)3-2-4-15-20-17(21-25-15)12-5-7-13(18)8-6-12/h5-8,11H,2-4,9-10H2,1H3,(H,19,22)(H,23,24).